The summed E-state index contributed by atoms with van der Waals surface area (Å²) in [5.74, 6) is 2.03. The van der Waals surface area contributed by atoms with E-state index in [0.29, 0.717) is 17.1 Å². The highest BCUT2D eigenvalue weighted by Crippen LogP contribution is 2.23. The second-order valence-electron chi connectivity index (χ2n) is 6.07. The molecule has 3 aromatic rings. The van der Waals surface area contributed by atoms with Crippen molar-refractivity contribution in [2.24, 2.45) is 0 Å². The molecule has 4 N–H and O–H groups in total. The number of nitrogens with zero attached hydrogens (tertiary/aromatic N) is 1. The van der Waals surface area contributed by atoms with Crippen molar-refractivity contribution < 1.29 is 13.2 Å². The van der Waals surface area contributed by atoms with Crippen molar-refractivity contribution in [2.45, 2.75) is 11.8 Å². The van der Waals surface area contributed by atoms with Crippen molar-refractivity contribution in [3.63, 3.8) is 0 Å². The van der Waals surface area contributed by atoms with Crippen LogP contribution in [0.15, 0.2) is 52.2 Å². The van der Waals surface area contributed by atoms with Gasteiger partial charge in [0.2, 0.25) is 10.0 Å². The molecule has 0 fully saturated rings. The van der Waals surface area contributed by atoms with Crippen molar-refractivity contribution in [1.82, 2.24) is 19.9 Å². The molecular formula is C19H17N5O4S. The quantitative estimate of drug-likeness (QED) is 0.452. The Morgan fingerprint density at radius 1 is 1.24 bits per heavy atom. The number of aryl methyl sites for hydroxylation is 1. The summed E-state index contributed by atoms with van der Waals surface area (Å²) in [5, 5.41) is 8.89. The predicted octanol–water partition coefficient (Wildman–Crippen LogP) is 1.24. The summed E-state index contributed by atoms with van der Waals surface area (Å²) in [4.78, 5) is 26.4. The first-order valence-corrected chi connectivity index (χ1v) is 9.89. The molecule has 0 unspecified atom stereocenters. The van der Waals surface area contributed by atoms with E-state index in [-0.39, 0.29) is 17.0 Å². The van der Waals surface area contributed by atoms with E-state index in [4.69, 9.17) is 6.42 Å². The standard InChI is InChI=1S/C19H17N5O4S/c1-3-9-20-29(27,28)15-6-4-5-14(10-15)18(25)21-16-11-13(8-7-12(16)2)17-22-19(26)24-23-17/h1,4-8,10-11,20H,9H2,2H3,(H,21,25)(H2,22,23,24,26). The lowest BCUT2D eigenvalue weighted by molar-refractivity contribution is 0.102. The van der Waals surface area contributed by atoms with Gasteiger partial charge in [-0.2, -0.15) is 9.82 Å². The molecule has 2 aromatic carbocycles. The Labute approximate surface area is 166 Å². The third-order valence-electron chi connectivity index (χ3n) is 4.03. The highest BCUT2D eigenvalue weighted by Gasteiger charge is 2.16. The molecule has 10 heteroatoms. The maximum Gasteiger partial charge on any atom is 0.340 e. The van der Waals surface area contributed by atoms with E-state index in [1.807, 2.05) is 0 Å². The van der Waals surface area contributed by atoms with Gasteiger partial charge < -0.3 is 5.32 Å². The van der Waals surface area contributed by atoms with Gasteiger partial charge in [-0.05, 0) is 36.8 Å². The SMILES string of the molecule is C#CCNS(=O)(=O)c1cccc(C(=O)Nc2cc(-c3n[nH]c(=O)[nH]3)ccc2C)c1. The van der Waals surface area contributed by atoms with Crippen LogP contribution in [0.5, 0.6) is 0 Å². The number of rotatable bonds is 6. The summed E-state index contributed by atoms with van der Waals surface area (Å²) in [6.07, 6.45) is 5.08. The van der Waals surface area contributed by atoms with Crippen LogP contribution in [-0.2, 0) is 10.0 Å². The van der Waals surface area contributed by atoms with Crippen molar-refractivity contribution in [1.29, 1.82) is 0 Å². The van der Waals surface area contributed by atoms with Gasteiger partial charge in [-0.3, -0.25) is 9.78 Å². The molecule has 1 heterocycles. The Morgan fingerprint density at radius 2 is 2.03 bits per heavy atom. The predicted molar refractivity (Wildman–Crippen MR) is 108 cm³/mol. The van der Waals surface area contributed by atoms with Crippen LogP contribution < -0.4 is 15.7 Å². The molecular weight excluding hydrogens is 394 g/mol. The van der Waals surface area contributed by atoms with Gasteiger partial charge in [-0.1, -0.05) is 24.1 Å². The number of H-pyrrole nitrogens is 2. The minimum Gasteiger partial charge on any atom is -0.322 e. The van der Waals surface area contributed by atoms with Gasteiger partial charge in [0, 0.05) is 16.8 Å². The number of hydrogen-bond donors (Lipinski definition) is 4. The van der Waals surface area contributed by atoms with Crippen molar-refractivity contribution in [2.75, 3.05) is 11.9 Å². The number of benzene rings is 2. The van der Waals surface area contributed by atoms with Gasteiger partial charge in [0.05, 0.1) is 11.4 Å². The van der Waals surface area contributed by atoms with Gasteiger partial charge in [0.1, 0.15) is 0 Å². The minimum atomic E-state index is -3.82. The number of carbonyl (C=O) groups excluding carboxylic acids is 1. The highest BCUT2D eigenvalue weighted by molar-refractivity contribution is 7.89. The third kappa shape index (κ3) is 4.60. The number of amides is 1. The molecule has 0 saturated carbocycles. The summed E-state index contributed by atoms with van der Waals surface area (Å²) < 4.78 is 26.7. The molecule has 3 rings (SSSR count). The highest BCUT2D eigenvalue weighted by atomic mass is 32.2. The summed E-state index contributed by atoms with van der Waals surface area (Å²) in [5.41, 5.74) is 1.59. The third-order valence-corrected chi connectivity index (χ3v) is 5.43. The number of sulfonamides is 1. The number of hydrogen-bond acceptors (Lipinski definition) is 5. The van der Waals surface area contributed by atoms with Crippen LogP contribution in [0.4, 0.5) is 5.69 Å². The molecule has 9 nitrogen and oxygen atoms in total. The van der Waals surface area contributed by atoms with Crippen molar-refractivity contribution >= 4 is 21.6 Å². The molecule has 0 radical (unpaired) electrons. The second-order valence-corrected chi connectivity index (χ2v) is 7.83. The lowest BCUT2D eigenvalue weighted by Crippen LogP contribution is -2.24. The van der Waals surface area contributed by atoms with Gasteiger partial charge in [0.15, 0.2) is 5.82 Å². The summed E-state index contributed by atoms with van der Waals surface area (Å²) in [6, 6.07) is 10.8. The van der Waals surface area contributed by atoms with Crippen LogP contribution >= 0.6 is 0 Å². The van der Waals surface area contributed by atoms with Crippen molar-refractivity contribution in [3.05, 3.63) is 64.1 Å². The van der Waals surface area contributed by atoms with E-state index in [9.17, 15) is 18.0 Å². The monoisotopic (exact) mass is 411 g/mol. The second kappa shape index (κ2) is 8.14. The van der Waals surface area contributed by atoms with E-state index < -0.39 is 21.6 Å². The Bertz CT molecular complexity index is 1270. The normalized spacial score (nSPS) is 11.0. The Kier molecular flexibility index (Phi) is 5.63. The largest absolute Gasteiger partial charge is 0.340 e. The molecule has 0 atom stereocenters. The van der Waals surface area contributed by atoms with Crippen LogP contribution in [0.2, 0.25) is 0 Å². The lowest BCUT2D eigenvalue weighted by atomic mass is 10.1. The molecule has 0 spiro atoms. The molecule has 148 valence electrons. The number of aromatic amines is 2. The number of anilines is 1. The first kappa shape index (κ1) is 20.1. The van der Waals surface area contributed by atoms with Crippen LogP contribution in [0.1, 0.15) is 15.9 Å². The number of nitrogens with one attached hydrogen (secondary N) is 4. The summed E-state index contributed by atoms with van der Waals surface area (Å²) in [7, 11) is -3.82. The van der Waals surface area contributed by atoms with E-state index in [1.54, 1.807) is 25.1 Å². The minimum absolute atomic E-state index is 0.0695. The van der Waals surface area contributed by atoms with E-state index in [1.165, 1.54) is 24.3 Å². The first-order chi connectivity index (χ1) is 13.8. The number of carbonyl (C=O) groups is 1. The summed E-state index contributed by atoms with van der Waals surface area (Å²) >= 11 is 0. The zero-order valence-electron chi connectivity index (χ0n) is 15.3. The topological polar surface area (TPSA) is 137 Å². The van der Waals surface area contributed by atoms with Gasteiger partial charge in [-0.25, -0.2) is 18.3 Å². The first-order valence-electron chi connectivity index (χ1n) is 8.40. The summed E-state index contributed by atoms with van der Waals surface area (Å²) in [6.45, 7) is 1.65. The molecule has 0 aliphatic carbocycles. The molecule has 1 amide bonds. The molecule has 29 heavy (non-hydrogen) atoms. The fourth-order valence-corrected chi connectivity index (χ4v) is 3.51. The number of aromatic nitrogens is 3. The van der Waals surface area contributed by atoms with Gasteiger partial charge in [-0.15, -0.1) is 6.42 Å². The average Bonchev–Trinajstić information content (AvgIpc) is 3.14. The zero-order chi connectivity index (χ0) is 21.0. The van der Waals surface area contributed by atoms with E-state index in [2.05, 4.69) is 31.1 Å². The van der Waals surface area contributed by atoms with E-state index >= 15 is 0 Å². The maximum atomic E-state index is 12.7. The van der Waals surface area contributed by atoms with Crippen LogP contribution in [0.25, 0.3) is 11.4 Å². The Morgan fingerprint density at radius 3 is 2.72 bits per heavy atom. The van der Waals surface area contributed by atoms with Crippen LogP contribution in [-0.4, -0.2) is 36.1 Å². The maximum absolute atomic E-state index is 12.7. The molecule has 1 aromatic heterocycles. The van der Waals surface area contributed by atoms with Crippen LogP contribution in [0.3, 0.4) is 0 Å². The average molecular weight is 411 g/mol. The Hall–Kier alpha value is -3.68. The molecule has 0 bridgehead atoms. The molecule has 0 saturated heterocycles. The fraction of sp³-hybridized carbons (Fsp3) is 0.105. The molecule has 0 aliphatic heterocycles. The number of terminal acetylenes is 1. The van der Waals surface area contributed by atoms with Crippen molar-refractivity contribution in [3.8, 4) is 23.7 Å². The smallest absolute Gasteiger partial charge is 0.322 e. The lowest BCUT2D eigenvalue weighted by Gasteiger charge is -2.11. The van der Waals surface area contributed by atoms with Crippen LogP contribution in [0, 0.1) is 19.3 Å². The van der Waals surface area contributed by atoms with E-state index in [0.717, 1.165) is 5.56 Å². The Balaban J connectivity index is 1.87. The van der Waals surface area contributed by atoms with Gasteiger partial charge >= 0.3 is 5.69 Å². The zero-order valence-corrected chi connectivity index (χ0v) is 16.1. The fourth-order valence-electron chi connectivity index (χ4n) is 2.53. The van der Waals surface area contributed by atoms with Gasteiger partial charge in [0.25, 0.3) is 5.91 Å². The molecule has 0 aliphatic rings.